The van der Waals surface area contributed by atoms with Crippen molar-refractivity contribution < 1.29 is 4.39 Å². The Morgan fingerprint density at radius 3 is 2.74 bits per heavy atom. The lowest BCUT2D eigenvalue weighted by Crippen LogP contribution is -2.41. The van der Waals surface area contributed by atoms with Crippen LogP contribution in [-0.2, 0) is 5.41 Å². The van der Waals surface area contributed by atoms with Gasteiger partial charge in [0.25, 0.3) is 0 Å². The molecule has 3 rings (SSSR count). The van der Waals surface area contributed by atoms with Crippen molar-refractivity contribution in [1.82, 2.24) is 5.32 Å². The molecule has 0 saturated heterocycles. The van der Waals surface area contributed by atoms with Crippen LogP contribution in [0.3, 0.4) is 0 Å². The van der Waals surface area contributed by atoms with Crippen LogP contribution in [0.2, 0.25) is 5.02 Å². The van der Waals surface area contributed by atoms with Crippen LogP contribution in [0.4, 0.5) is 4.39 Å². The van der Waals surface area contributed by atoms with Crippen molar-refractivity contribution in [3.8, 4) is 0 Å². The molecule has 1 aromatic rings. The molecule has 0 radical (unpaired) electrons. The summed E-state index contributed by atoms with van der Waals surface area (Å²) in [7, 11) is 0. The van der Waals surface area contributed by atoms with Gasteiger partial charge in [-0.15, -0.1) is 0 Å². The number of benzene rings is 1. The Morgan fingerprint density at radius 1 is 1.37 bits per heavy atom. The molecule has 1 N–H and O–H groups in total. The standard InChI is InChI=1S/C16H21ClFN/c1-11-3-2-8-16(11,10-19-13-5-6-13)14-7-4-12(18)9-15(14)17/h4,7,9,11,13,19H,2-3,5-6,8,10H2,1H3. The number of hydrogen-bond donors (Lipinski definition) is 1. The molecule has 2 atom stereocenters. The monoisotopic (exact) mass is 281 g/mol. The predicted octanol–water partition coefficient (Wildman–Crippen LogP) is 4.29. The third-order valence-corrected chi connectivity index (χ3v) is 5.27. The molecule has 104 valence electrons. The highest BCUT2D eigenvalue weighted by molar-refractivity contribution is 6.31. The van der Waals surface area contributed by atoms with Gasteiger partial charge in [-0.2, -0.15) is 0 Å². The molecule has 1 aromatic carbocycles. The normalized spacial score (nSPS) is 30.8. The minimum absolute atomic E-state index is 0.0906. The van der Waals surface area contributed by atoms with E-state index in [1.807, 2.05) is 6.07 Å². The Morgan fingerprint density at radius 2 is 2.16 bits per heavy atom. The maximum Gasteiger partial charge on any atom is 0.124 e. The van der Waals surface area contributed by atoms with Gasteiger partial charge in [0.2, 0.25) is 0 Å². The zero-order chi connectivity index (χ0) is 13.5. The molecule has 2 aliphatic carbocycles. The second-order valence-electron chi connectivity index (χ2n) is 6.23. The summed E-state index contributed by atoms with van der Waals surface area (Å²) in [5.74, 6) is 0.353. The molecule has 0 amide bonds. The molecule has 2 fully saturated rings. The zero-order valence-corrected chi connectivity index (χ0v) is 12.1. The van der Waals surface area contributed by atoms with Crippen molar-refractivity contribution in [3.63, 3.8) is 0 Å². The average molecular weight is 282 g/mol. The van der Waals surface area contributed by atoms with E-state index in [1.54, 1.807) is 6.07 Å². The minimum Gasteiger partial charge on any atom is -0.313 e. The molecule has 1 nitrogen and oxygen atoms in total. The van der Waals surface area contributed by atoms with Gasteiger partial charge in [-0.3, -0.25) is 0 Å². The molecule has 0 bridgehead atoms. The fraction of sp³-hybridized carbons (Fsp3) is 0.625. The third-order valence-electron chi connectivity index (χ3n) is 4.95. The smallest absolute Gasteiger partial charge is 0.124 e. The summed E-state index contributed by atoms with van der Waals surface area (Å²) >= 11 is 6.33. The van der Waals surface area contributed by atoms with E-state index >= 15 is 0 Å². The lowest BCUT2D eigenvalue weighted by molar-refractivity contribution is 0.316. The molecule has 2 aliphatic rings. The number of hydrogen-bond acceptors (Lipinski definition) is 1. The van der Waals surface area contributed by atoms with Crippen molar-refractivity contribution in [1.29, 1.82) is 0 Å². The van der Waals surface area contributed by atoms with E-state index in [-0.39, 0.29) is 11.2 Å². The molecular formula is C16H21ClFN. The van der Waals surface area contributed by atoms with E-state index in [9.17, 15) is 4.39 Å². The highest BCUT2D eigenvalue weighted by Crippen LogP contribution is 2.47. The van der Waals surface area contributed by atoms with Gasteiger partial charge in [-0.1, -0.05) is 31.0 Å². The maximum absolute atomic E-state index is 13.3. The molecular weight excluding hydrogens is 261 g/mol. The van der Waals surface area contributed by atoms with Gasteiger partial charge in [0.05, 0.1) is 0 Å². The van der Waals surface area contributed by atoms with E-state index in [4.69, 9.17) is 11.6 Å². The Labute approximate surface area is 119 Å². The van der Waals surface area contributed by atoms with Gasteiger partial charge >= 0.3 is 0 Å². The fourth-order valence-corrected chi connectivity index (χ4v) is 3.87. The third kappa shape index (κ3) is 2.53. The highest BCUT2D eigenvalue weighted by Gasteiger charge is 2.43. The molecule has 0 aromatic heterocycles. The zero-order valence-electron chi connectivity index (χ0n) is 11.4. The van der Waals surface area contributed by atoms with Gasteiger partial charge in [0, 0.05) is 23.0 Å². The van der Waals surface area contributed by atoms with Crippen LogP contribution in [0.1, 0.15) is 44.6 Å². The van der Waals surface area contributed by atoms with Crippen molar-refractivity contribution >= 4 is 11.6 Å². The summed E-state index contributed by atoms with van der Waals surface area (Å²) in [4.78, 5) is 0. The van der Waals surface area contributed by atoms with E-state index in [2.05, 4.69) is 12.2 Å². The van der Waals surface area contributed by atoms with Crippen molar-refractivity contribution in [2.45, 2.75) is 50.5 Å². The van der Waals surface area contributed by atoms with E-state index in [1.165, 1.54) is 31.7 Å². The second-order valence-corrected chi connectivity index (χ2v) is 6.64. The Hall–Kier alpha value is -0.600. The first-order valence-electron chi connectivity index (χ1n) is 7.31. The number of rotatable bonds is 4. The summed E-state index contributed by atoms with van der Waals surface area (Å²) < 4.78 is 13.3. The van der Waals surface area contributed by atoms with Crippen LogP contribution in [0.25, 0.3) is 0 Å². The predicted molar refractivity (Wildman–Crippen MR) is 77.1 cm³/mol. The SMILES string of the molecule is CC1CCCC1(CNC1CC1)c1ccc(F)cc1Cl. The Bertz CT molecular complexity index is 472. The lowest BCUT2D eigenvalue weighted by Gasteiger charge is -2.36. The highest BCUT2D eigenvalue weighted by atomic mass is 35.5. The fourth-order valence-electron chi connectivity index (χ4n) is 3.51. The molecule has 0 heterocycles. The van der Waals surface area contributed by atoms with E-state index in [0.29, 0.717) is 17.0 Å². The summed E-state index contributed by atoms with van der Waals surface area (Å²) in [6, 6.07) is 5.60. The minimum atomic E-state index is -0.246. The van der Waals surface area contributed by atoms with E-state index < -0.39 is 0 Å². The lowest BCUT2D eigenvalue weighted by atomic mass is 9.72. The Balaban J connectivity index is 1.92. The van der Waals surface area contributed by atoms with Crippen molar-refractivity contribution in [2.24, 2.45) is 5.92 Å². The molecule has 2 unspecified atom stereocenters. The van der Waals surface area contributed by atoms with Crippen LogP contribution < -0.4 is 5.32 Å². The van der Waals surface area contributed by atoms with Gasteiger partial charge in [-0.25, -0.2) is 4.39 Å². The largest absolute Gasteiger partial charge is 0.313 e. The molecule has 2 saturated carbocycles. The molecule has 0 spiro atoms. The summed E-state index contributed by atoms with van der Waals surface area (Å²) in [5.41, 5.74) is 1.22. The van der Waals surface area contributed by atoms with Crippen LogP contribution in [0, 0.1) is 11.7 Å². The van der Waals surface area contributed by atoms with Crippen molar-refractivity contribution in [3.05, 3.63) is 34.6 Å². The van der Waals surface area contributed by atoms with Gasteiger partial charge < -0.3 is 5.32 Å². The van der Waals surface area contributed by atoms with Crippen LogP contribution in [0.15, 0.2) is 18.2 Å². The Kier molecular flexibility index (Phi) is 3.57. The molecule has 3 heteroatoms. The van der Waals surface area contributed by atoms with Gasteiger partial charge in [0.1, 0.15) is 5.82 Å². The first kappa shape index (κ1) is 13.4. The summed E-state index contributed by atoms with van der Waals surface area (Å²) in [6.07, 6.45) is 6.21. The van der Waals surface area contributed by atoms with Crippen molar-refractivity contribution in [2.75, 3.05) is 6.54 Å². The first-order chi connectivity index (χ1) is 9.12. The maximum atomic E-state index is 13.3. The number of halogens is 2. The molecule has 0 aliphatic heterocycles. The van der Waals surface area contributed by atoms with Crippen LogP contribution in [-0.4, -0.2) is 12.6 Å². The average Bonchev–Trinajstić information content (AvgIpc) is 3.12. The quantitative estimate of drug-likeness (QED) is 0.868. The van der Waals surface area contributed by atoms with Crippen LogP contribution >= 0.6 is 11.6 Å². The molecule has 19 heavy (non-hydrogen) atoms. The van der Waals surface area contributed by atoms with Gasteiger partial charge in [0.15, 0.2) is 0 Å². The summed E-state index contributed by atoms with van der Waals surface area (Å²) in [5, 5.41) is 4.25. The topological polar surface area (TPSA) is 12.0 Å². The van der Waals surface area contributed by atoms with Gasteiger partial charge in [-0.05, 0) is 49.3 Å². The van der Waals surface area contributed by atoms with E-state index in [0.717, 1.165) is 18.5 Å². The summed E-state index contributed by atoms with van der Waals surface area (Å²) in [6.45, 7) is 3.28. The number of nitrogens with one attached hydrogen (secondary N) is 1. The first-order valence-corrected chi connectivity index (χ1v) is 7.68. The van der Waals surface area contributed by atoms with Crippen LogP contribution in [0.5, 0.6) is 0 Å². The second kappa shape index (κ2) is 5.06.